The van der Waals surface area contributed by atoms with Crippen LogP contribution in [0.4, 0.5) is 4.79 Å². The first-order valence-electron chi connectivity index (χ1n) is 19.0. The second-order valence-corrected chi connectivity index (χ2v) is 16.8. The number of nitrogens with one attached hydrogen (secondary N) is 5. The predicted molar refractivity (Wildman–Crippen MR) is 199 cm³/mol. The SMILES string of the molecule is C=CCNC(=O)C(=O)C(CCCC)NC(=O)C1[C@@H]2[C@H](CN1C(=O)C(NCC(=C)NC(COC(=O)NCC)C(C)(C)C)C1(C)CCCCC1)C2(C)C. The second kappa shape index (κ2) is 17.9. The van der Waals surface area contributed by atoms with E-state index in [1.807, 2.05) is 13.8 Å². The van der Waals surface area contributed by atoms with Gasteiger partial charge in [-0.2, -0.15) is 0 Å². The number of piperidine rings is 1. The predicted octanol–water partition coefficient (Wildman–Crippen LogP) is 4.21. The van der Waals surface area contributed by atoms with Gasteiger partial charge in [0.2, 0.25) is 17.6 Å². The highest BCUT2D eigenvalue weighted by molar-refractivity contribution is 6.38. The Morgan fingerprint density at radius 2 is 1.67 bits per heavy atom. The number of hydrogen-bond donors (Lipinski definition) is 5. The molecule has 2 aliphatic carbocycles. The average molecular weight is 715 g/mol. The minimum absolute atomic E-state index is 0.0492. The third kappa shape index (κ3) is 10.6. The van der Waals surface area contributed by atoms with Crippen LogP contribution in [0.2, 0.25) is 0 Å². The maximum Gasteiger partial charge on any atom is 0.407 e. The first kappa shape index (κ1) is 42.0. The fourth-order valence-corrected chi connectivity index (χ4v) is 7.99. The van der Waals surface area contributed by atoms with E-state index in [0.717, 1.165) is 38.5 Å². The lowest BCUT2D eigenvalue weighted by atomic mass is 9.70. The largest absolute Gasteiger partial charge is 0.447 e. The monoisotopic (exact) mass is 715 g/mol. The Hall–Kier alpha value is -3.41. The fourth-order valence-electron chi connectivity index (χ4n) is 7.99. The quantitative estimate of drug-likeness (QED) is 0.0984. The van der Waals surface area contributed by atoms with Gasteiger partial charge in [-0.1, -0.05) is 93.2 Å². The molecule has 0 aromatic heterocycles. The summed E-state index contributed by atoms with van der Waals surface area (Å²) in [5, 5.41) is 15.1. The van der Waals surface area contributed by atoms with Crippen molar-refractivity contribution in [3.63, 3.8) is 0 Å². The molecule has 51 heavy (non-hydrogen) atoms. The second-order valence-electron chi connectivity index (χ2n) is 16.8. The molecule has 5 N–H and O–H groups in total. The van der Waals surface area contributed by atoms with Gasteiger partial charge in [-0.15, -0.1) is 6.58 Å². The molecular weight excluding hydrogens is 648 g/mol. The summed E-state index contributed by atoms with van der Waals surface area (Å²) in [6.07, 6.45) is 7.70. The third-order valence-corrected chi connectivity index (χ3v) is 11.5. The molecule has 3 fully saturated rings. The molecule has 0 radical (unpaired) electrons. The summed E-state index contributed by atoms with van der Waals surface area (Å²) in [5.41, 5.74) is -0.0608. The zero-order chi connectivity index (χ0) is 38.1. The molecule has 0 spiro atoms. The molecule has 6 atom stereocenters. The number of nitrogens with zero attached hydrogens (tertiary/aromatic N) is 1. The van der Waals surface area contributed by atoms with Crippen molar-refractivity contribution in [3.05, 3.63) is 24.9 Å². The lowest BCUT2D eigenvalue weighted by molar-refractivity contribution is -0.146. The van der Waals surface area contributed by atoms with Crippen LogP contribution >= 0.6 is 0 Å². The lowest BCUT2D eigenvalue weighted by Crippen LogP contribution is -2.61. The molecule has 2 saturated carbocycles. The highest BCUT2D eigenvalue weighted by Crippen LogP contribution is 2.65. The molecule has 12 heteroatoms. The topological polar surface area (TPSA) is 158 Å². The van der Waals surface area contributed by atoms with Gasteiger partial charge in [0.05, 0.1) is 18.1 Å². The van der Waals surface area contributed by atoms with Crippen molar-refractivity contribution in [3.8, 4) is 0 Å². The lowest BCUT2D eigenvalue weighted by Gasteiger charge is -2.43. The molecule has 1 saturated heterocycles. The highest BCUT2D eigenvalue weighted by atomic mass is 16.5. The van der Waals surface area contributed by atoms with Gasteiger partial charge in [0.1, 0.15) is 12.6 Å². The Morgan fingerprint density at radius 3 is 2.25 bits per heavy atom. The Kier molecular flexibility index (Phi) is 14.7. The summed E-state index contributed by atoms with van der Waals surface area (Å²) in [6, 6.07) is -2.53. The zero-order valence-electron chi connectivity index (χ0n) is 32.5. The van der Waals surface area contributed by atoms with Crippen LogP contribution in [0.15, 0.2) is 24.9 Å². The van der Waals surface area contributed by atoms with E-state index in [0.29, 0.717) is 38.2 Å². The summed E-state index contributed by atoms with van der Waals surface area (Å²) in [5.74, 6) is -1.84. The van der Waals surface area contributed by atoms with Gasteiger partial charge in [0.25, 0.3) is 5.91 Å². The van der Waals surface area contributed by atoms with Gasteiger partial charge < -0.3 is 30.9 Å². The molecule has 4 amide bonds. The molecule has 0 bridgehead atoms. The molecule has 12 nitrogen and oxygen atoms in total. The Bertz CT molecular complexity index is 1290. The van der Waals surface area contributed by atoms with Gasteiger partial charge in [0.15, 0.2) is 0 Å². The molecule has 3 rings (SSSR count). The van der Waals surface area contributed by atoms with E-state index in [9.17, 15) is 24.0 Å². The summed E-state index contributed by atoms with van der Waals surface area (Å²) in [7, 11) is 0. The molecule has 288 valence electrons. The van der Waals surface area contributed by atoms with Crippen molar-refractivity contribution in [2.45, 2.75) is 131 Å². The standard InChI is InChI=1S/C39H66N6O6/c1-11-14-18-27(31(46)34(48)41-21-12-2)44-33(47)30-29-26(38(29,8)9)23-45(30)35(49)32(39(10)19-16-15-17-20-39)42-22-25(4)43-28(37(5,6)7)24-51-36(50)40-13-3/h12,26-30,32,42-43H,2,4,11,13-24H2,1,3,5-10H3,(H,40,50)(H,41,48)(H,44,47)/t26-,27?,28?,29-,30?,32?/m0/s1. The average Bonchev–Trinajstić information content (AvgIpc) is 3.37. The molecule has 0 aromatic rings. The van der Waals surface area contributed by atoms with E-state index in [4.69, 9.17) is 4.74 Å². The van der Waals surface area contributed by atoms with Gasteiger partial charge >= 0.3 is 6.09 Å². The minimum Gasteiger partial charge on any atom is -0.447 e. The number of Topliss-reactive ketones (excluding diaryl/α,β-unsaturated/α-hetero) is 1. The molecule has 0 aromatic carbocycles. The number of alkyl carbamates (subject to hydrolysis) is 1. The zero-order valence-corrected chi connectivity index (χ0v) is 32.5. The molecule has 3 aliphatic rings. The van der Waals surface area contributed by atoms with Gasteiger partial charge in [0, 0.05) is 31.9 Å². The van der Waals surface area contributed by atoms with Crippen LogP contribution in [0.3, 0.4) is 0 Å². The van der Waals surface area contributed by atoms with Crippen LogP contribution in [0.5, 0.6) is 0 Å². The van der Waals surface area contributed by atoms with E-state index in [1.54, 1.807) is 4.90 Å². The van der Waals surface area contributed by atoms with Crippen molar-refractivity contribution < 1.29 is 28.7 Å². The smallest absolute Gasteiger partial charge is 0.407 e. The normalized spacial score (nSPS) is 23.5. The number of carbonyl (C=O) groups excluding carboxylic acids is 5. The summed E-state index contributed by atoms with van der Waals surface area (Å²) in [4.78, 5) is 68.6. The number of ether oxygens (including phenoxy) is 1. The molecule has 1 heterocycles. The fraction of sp³-hybridized carbons (Fsp3) is 0.769. The number of ketones is 1. The third-order valence-electron chi connectivity index (χ3n) is 11.5. The van der Waals surface area contributed by atoms with Crippen LogP contribution in [0.25, 0.3) is 0 Å². The first-order valence-corrected chi connectivity index (χ1v) is 19.0. The van der Waals surface area contributed by atoms with Gasteiger partial charge in [-0.3, -0.25) is 24.5 Å². The maximum atomic E-state index is 14.8. The number of amides is 4. The van der Waals surface area contributed by atoms with Crippen LogP contribution in [-0.4, -0.2) is 91.5 Å². The number of carbonyl (C=O) groups is 5. The van der Waals surface area contributed by atoms with Crippen LogP contribution in [0.1, 0.15) is 107 Å². The van der Waals surface area contributed by atoms with Crippen molar-refractivity contribution >= 4 is 29.6 Å². The van der Waals surface area contributed by atoms with Crippen molar-refractivity contribution in [2.24, 2.45) is 28.1 Å². The van der Waals surface area contributed by atoms with E-state index in [1.165, 1.54) is 6.08 Å². The number of likely N-dealkylation sites (tertiary alicyclic amines) is 1. The molecule has 4 unspecified atom stereocenters. The Morgan fingerprint density at radius 1 is 1.00 bits per heavy atom. The van der Waals surface area contributed by atoms with E-state index in [-0.39, 0.29) is 59.1 Å². The van der Waals surface area contributed by atoms with Crippen LogP contribution in [0, 0.1) is 28.1 Å². The van der Waals surface area contributed by atoms with Gasteiger partial charge in [-0.25, -0.2) is 4.79 Å². The first-order chi connectivity index (χ1) is 23.9. The highest BCUT2D eigenvalue weighted by Gasteiger charge is 2.70. The minimum atomic E-state index is -0.980. The van der Waals surface area contributed by atoms with Crippen molar-refractivity contribution in [2.75, 3.05) is 32.8 Å². The molecular formula is C39H66N6O6. The van der Waals surface area contributed by atoms with E-state index in [2.05, 4.69) is 81.3 Å². The van der Waals surface area contributed by atoms with Crippen molar-refractivity contribution in [1.29, 1.82) is 0 Å². The maximum absolute atomic E-state index is 14.8. The van der Waals surface area contributed by atoms with E-state index < -0.39 is 35.9 Å². The number of hydrogen-bond acceptors (Lipinski definition) is 8. The van der Waals surface area contributed by atoms with Crippen LogP contribution < -0.4 is 26.6 Å². The summed E-state index contributed by atoms with van der Waals surface area (Å²) < 4.78 is 5.45. The van der Waals surface area contributed by atoms with Crippen molar-refractivity contribution in [1.82, 2.24) is 31.5 Å². The van der Waals surface area contributed by atoms with E-state index >= 15 is 0 Å². The Balaban J connectivity index is 1.83. The number of fused-ring (bicyclic) bond motifs is 1. The van der Waals surface area contributed by atoms with Gasteiger partial charge in [-0.05, 0) is 54.3 Å². The summed E-state index contributed by atoms with van der Waals surface area (Å²) in [6.45, 7) is 25.8. The number of unbranched alkanes of at least 4 members (excludes halogenated alkanes) is 1. The molecule has 1 aliphatic heterocycles. The summed E-state index contributed by atoms with van der Waals surface area (Å²) >= 11 is 0. The Labute approximate surface area is 306 Å². The van der Waals surface area contributed by atoms with Crippen LogP contribution in [-0.2, 0) is 23.9 Å². The number of rotatable bonds is 19.